The maximum Gasteiger partial charge on any atom is 0.159 e. The summed E-state index contributed by atoms with van der Waals surface area (Å²) in [5.41, 5.74) is 32.9. The zero-order valence-electron chi connectivity index (χ0n) is 72.6. The van der Waals surface area contributed by atoms with Crippen molar-refractivity contribution in [3.63, 3.8) is 0 Å². The molecule has 0 amide bonds. The molecule has 9 heterocycles. The molecule has 0 aliphatic carbocycles. The van der Waals surface area contributed by atoms with Crippen LogP contribution in [0.2, 0.25) is 0 Å². The third kappa shape index (κ3) is 11.9. The number of benzene rings is 21. The van der Waals surface area contributed by atoms with Gasteiger partial charge in [0.1, 0.15) is 44.7 Å². The van der Waals surface area contributed by atoms with Crippen LogP contribution in [0, 0.1) is 0 Å². The summed E-state index contributed by atoms with van der Waals surface area (Å²) in [4.78, 5) is 0. The zero-order chi connectivity index (χ0) is 88.5. The van der Waals surface area contributed by atoms with Crippen molar-refractivity contribution in [1.82, 2.24) is 13.7 Å². The molecule has 630 valence electrons. The molecule has 0 spiro atoms. The quantitative estimate of drug-likeness (QED) is 0.144. The molecule has 0 aliphatic rings. The zero-order valence-corrected chi connectivity index (χ0v) is 73.4. The normalized spacial score (nSPS) is 12.0. The lowest BCUT2D eigenvalue weighted by Gasteiger charge is -2.09. The Morgan fingerprint density at radius 3 is 0.904 bits per heavy atom. The molecule has 0 radical (unpaired) electrons. The molecule has 0 fully saturated rings. The van der Waals surface area contributed by atoms with Gasteiger partial charge in [0.2, 0.25) is 0 Å². The molecule has 0 saturated heterocycles. The summed E-state index contributed by atoms with van der Waals surface area (Å²) in [7, 11) is 0. The first-order chi connectivity index (χ1) is 67.0. The van der Waals surface area contributed by atoms with Crippen molar-refractivity contribution in [2.24, 2.45) is 0 Å². The van der Waals surface area contributed by atoms with E-state index >= 15 is 0 Å². The summed E-state index contributed by atoms with van der Waals surface area (Å²) in [5, 5.41) is 20.7. The molecule has 9 heteroatoms. The molecule has 8 nitrogen and oxygen atoms in total. The summed E-state index contributed by atoms with van der Waals surface area (Å²) in [6.07, 6.45) is 0. The van der Waals surface area contributed by atoms with Gasteiger partial charge in [-0.15, -0.1) is 11.3 Å². The Labute approximate surface area is 775 Å². The van der Waals surface area contributed by atoms with Crippen LogP contribution in [-0.4, -0.2) is 13.7 Å². The Morgan fingerprint density at radius 1 is 0.156 bits per heavy atom. The average Bonchev–Trinajstić information content (AvgIpc) is 1.56. The fourth-order valence-corrected chi connectivity index (χ4v) is 22.8. The van der Waals surface area contributed by atoms with E-state index in [1.807, 2.05) is 41.7 Å². The molecule has 0 N–H and O–H groups in total. The fourth-order valence-electron chi connectivity index (χ4n) is 21.6. The average molecular weight is 1740 g/mol. The summed E-state index contributed by atoms with van der Waals surface area (Å²) in [5.74, 6) is 0. The van der Waals surface area contributed by atoms with Crippen LogP contribution in [0.25, 0.3) is 279 Å². The van der Waals surface area contributed by atoms with Gasteiger partial charge in [-0.2, -0.15) is 0 Å². The molecule has 30 aromatic rings. The monoisotopic (exact) mass is 1740 g/mol. The minimum absolute atomic E-state index is 0.867. The predicted octanol–water partition coefficient (Wildman–Crippen LogP) is 36.2. The number of furan rings is 5. The van der Waals surface area contributed by atoms with Gasteiger partial charge in [-0.1, -0.05) is 358 Å². The van der Waals surface area contributed by atoms with Gasteiger partial charge >= 0.3 is 0 Å². The molecule has 0 atom stereocenters. The molecule has 0 saturated carbocycles. The van der Waals surface area contributed by atoms with Crippen LogP contribution in [0.15, 0.2) is 477 Å². The van der Waals surface area contributed by atoms with Crippen molar-refractivity contribution in [3.05, 3.63) is 455 Å². The van der Waals surface area contributed by atoms with E-state index in [0.29, 0.717) is 0 Å². The van der Waals surface area contributed by atoms with Gasteiger partial charge in [-0.3, -0.25) is 0 Å². The Morgan fingerprint density at radius 2 is 0.444 bits per heavy atom. The second-order valence-electron chi connectivity index (χ2n) is 35.0. The van der Waals surface area contributed by atoms with Crippen LogP contribution >= 0.6 is 11.3 Å². The number of aromatic nitrogens is 3. The Bertz CT molecular complexity index is 10100. The van der Waals surface area contributed by atoms with Crippen molar-refractivity contribution in [2.45, 2.75) is 0 Å². The lowest BCUT2D eigenvalue weighted by Crippen LogP contribution is -1.94. The van der Waals surface area contributed by atoms with Crippen molar-refractivity contribution < 1.29 is 22.1 Å². The first kappa shape index (κ1) is 76.1. The van der Waals surface area contributed by atoms with Crippen LogP contribution in [0.1, 0.15) is 0 Å². The number of hydrogen-bond acceptors (Lipinski definition) is 6. The largest absolute Gasteiger partial charge is 0.455 e. The van der Waals surface area contributed by atoms with E-state index in [1.165, 1.54) is 70.1 Å². The van der Waals surface area contributed by atoms with E-state index in [0.717, 1.165) is 209 Å². The van der Waals surface area contributed by atoms with Gasteiger partial charge in [0.25, 0.3) is 0 Å². The van der Waals surface area contributed by atoms with Gasteiger partial charge in [-0.25, -0.2) is 0 Å². The van der Waals surface area contributed by atoms with E-state index in [1.54, 1.807) is 0 Å². The number of rotatable bonds is 9. The summed E-state index contributed by atoms with van der Waals surface area (Å²) in [6.45, 7) is 0. The minimum atomic E-state index is 0.867. The molecule has 0 aliphatic heterocycles. The summed E-state index contributed by atoms with van der Waals surface area (Å²) in [6, 6.07) is 161. The molecule has 0 unspecified atom stereocenters. The third-order valence-electron chi connectivity index (χ3n) is 27.7. The first-order valence-corrected chi connectivity index (χ1v) is 46.6. The van der Waals surface area contributed by atoms with Crippen LogP contribution < -0.4 is 0 Å². The lowest BCUT2D eigenvalue weighted by molar-refractivity contribution is 0.667. The van der Waals surface area contributed by atoms with Gasteiger partial charge < -0.3 is 35.8 Å². The molecule has 0 bridgehead atoms. The van der Waals surface area contributed by atoms with E-state index in [4.69, 9.17) is 22.1 Å². The number of thiophene rings is 1. The van der Waals surface area contributed by atoms with Gasteiger partial charge in [0.15, 0.2) is 11.2 Å². The van der Waals surface area contributed by atoms with E-state index in [-0.39, 0.29) is 0 Å². The maximum absolute atomic E-state index is 6.95. The topological polar surface area (TPSA) is 80.5 Å². The molecule has 21 aromatic carbocycles. The van der Waals surface area contributed by atoms with Crippen LogP contribution in [-0.2, 0) is 0 Å². The minimum Gasteiger partial charge on any atom is -0.455 e. The smallest absolute Gasteiger partial charge is 0.159 e. The number of nitrogens with zero attached hydrogens (tertiary/aromatic N) is 3. The SMILES string of the molecule is c1ccc(-c2ccc(-c3cccc4c3oc3c(-n5c6ccccc6c6c7oc8ccccc8c7ccc65)cccc34)cc2)cc1.c1ccc(-c2ccc(-c3cccc4c3oc3c4ccc4c3c3ccccc3n4-c3cccc4c3sc3ccccc34)cc2)cc1.c1ccc(-c2cccc(-c3cccc4c3oc3c(-n5c6ccccc6c6c7oc8ccccc8c7ccc65)cccc34)c2)cc1. The third-order valence-corrected chi connectivity index (χ3v) is 28.9. The lowest BCUT2D eigenvalue weighted by atomic mass is 9.98. The molecular formula is C126H75N3O5S. The highest BCUT2D eigenvalue weighted by atomic mass is 32.1. The van der Waals surface area contributed by atoms with Crippen molar-refractivity contribution in [3.8, 4) is 83.8 Å². The van der Waals surface area contributed by atoms with Crippen LogP contribution in [0.3, 0.4) is 0 Å². The van der Waals surface area contributed by atoms with E-state index in [2.05, 4.69) is 438 Å². The van der Waals surface area contributed by atoms with Crippen LogP contribution in [0.5, 0.6) is 0 Å². The highest BCUT2D eigenvalue weighted by Crippen LogP contribution is 2.51. The molecular weight excluding hydrogens is 1670 g/mol. The second-order valence-corrected chi connectivity index (χ2v) is 36.1. The van der Waals surface area contributed by atoms with Crippen molar-refractivity contribution in [2.75, 3.05) is 0 Å². The number of fused-ring (bicyclic) bond motifs is 30. The Hall–Kier alpha value is -17.8. The van der Waals surface area contributed by atoms with Crippen molar-refractivity contribution >= 4 is 207 Å². The predicted molar refractivity (Wildman–Crippen MR) is 564 cm³/mol. The van der Waals surface area contributed by atoms with Crippen molar-refractivity contribution in [1.29, 1.82) is 0 Å². The number of hydrogen-bond donors (Lipinski definition) is 0. The number of para-hydroxylation sites is 10. The van der Waals surface area contributed by atoms with Gasteiger partial charge in [0, 0.05) is 102 Å². The Balaban J connectivity index is 0.000000101. The van der Waals surface area contributed by atoms with Gasteiger partial charge in [0.05, 0.1) is 71.0 Å². The fraction of sp³-hybridized carbons (Fsp3) is 0. The molecule has 135 heavy (non-hydrogen) atoms. The highest BCUT2D eigenvalue weighted by molar-refractivity contribution is 7.26. The second kappa shape index (κ2) is 30.4. The summed E-state index contributed by atoms with van der Waals surface area (Å²) < 4.78 is 43.5. The summed E-state index contributed by atoms with van der Waals surface area (Å²) >= 11 is 1.87. The maximum atomic E-state index is 6.95. The molecule has 30 rings (SSSR count). The van der Waals surface area contributed by atoms with E-state index in [9.17, 15) is 0 Å². The van der Waals surface area contributed by atoms with Gasteiger partial charge in [-0.05, 0) is 147 Å². The van der Waals surface area contributed by atoms with Crippen LogP contribution in [0.4, 0.5) is 0 Å². The standard InChI is InChI=1S/2C42H25NO2.C42H25NOS/c1-2-11-26(12-3-1)27-13-8-14-28(25-27)29-17-9-18-31-32-19-10-21-37(41(32)45-40(29)31)43-35-20-6-4-16-34(35)39-36(43)24-23-33-30-15-5-7-22-38(30)44-42(33)39;1-2-10-26(11-3-1)27-20-22-28(23-21-27)29-14-8-15-31-32-16-9-18-37(41(32)45-40(29)31)43-35-17-6-4-13-34(35)39-36(43)25-24-33-30-12-5-7-19-38(30)44-42(33)39;1-2-10-26(11-3-1)27-20-22-28(23-21-27)29-14-8-15-31-32-24-25-36-39(41(32)44-40(29)31)34-13-4-6-17-35(34)43(36)37-18-9-16-33-30-12-5-7-19-38(30)45-42(33)37/h3*1-25H. The first-order valence-electron chi connectivity index (χ1n) is 45.8. The Kier molecular flexibility index (Phi) is 17.2. The molecule has 9 aromatic heterocycles. The highest BCUT2D eigenvalue weighted by Gasteiger charge is 2.28. The van der Waals surface area contributed by atoms with E-state index < -0.39 is 0 Å².